The van der Waals surface area contributed by atoms with Gasteiger partial charge in [-0.2, -0.15) is 0 Å². The summed E-state index contributed by atoms with van der Waals surface area (Å²) in [6.07, 6.45) is 2.52. The van der Waals surface area contributed by atoms with Crippen LogP contribution in [0.15, 0.2) is 60.3 Å². The molecule has 0 atom stereocenters. The van der Waals surface area contributed by atoms with Gasteiger partial charge in [0.1, 0.15) is 5.82 Å². The van der Waals surface area contributed by atoms with E-state index in [-0.39, 0.29) is 5.91 Å². The first-order valence-corrected chi connectivity index (χ1v) is 10.7. The van der Waals surface area contributed by atoms with E-state index in [1.807, 2.05) is 21.6 Å². The van der Waals surface area contributed by atoms with Crippen molar-refractivity contribution in [3.63, 3.8) is 0 Å². The van der Waals surface area contributed by atoms with Crippen LogP contribution in [0.3, 0.4) is 0 Å². The zero-order valence-corrected chi connectivity index (χ0v) is 17.1. The average Bonchev–Trinajstić information content (AvgIpc) is 3.14. The van der Waals surface area contributed by atoms with Gasteiger partial charge >= 0.3 is 0 Å². The van der Waals surface area contributed by atoms with Crippen LogP contribution in [0.5, 0.6) is 0 Å². The summed E-state index contributed by atoms with van der Waals surface area (Å²) in [6, 6.07) is 14.7. The Kier molecular flexibility index (Phi) is 6.27. The number of thioether (sulfide) groups is 1. The van der Waals surface area contributed by atoms with Crippen LogP contribution in [-0.2, 0) is 22.5 Å². The maximum Gasteiger partial charge on any atom is 0.233 e. The van der Waals surface area contributed by atoms with Crippen molar-refractivity contribution < 1.29 is 9.53 Å². The van der Waals surface area contributed by atoms with E-state index in [0.717, 1.165) is 11.0 Å². The van der Waals surface area contributed by atoms with E-state index in [1.54, 1.807) is 0 Å². The molecular weight excluding hydrogens is 384 g/mol. The van der Waals surface area contributed by atoms with E-state index in [2.05, 4.69) is 53.2 Å². The molecule has 0 radical (unpaired) electrons. The lowest BCUT2D eigenvalue weighted by atomic mass is 10.0. The van der Waals surface area contributed by atoms with E-state index in [1.165, 1.54) is 28.1 Å². The predicted octanol–water partition coefficient (Wildman–Crippen LogP) is 3.16. The van der Waals surface area contributed by atoms with Gasteiger partial charge in [-0.15, -0.1) is 16.8 Å². The number of hydrogen-bond donors (Lipinski definition) is 0. The summed E-state index contributed by atoms with van der Waals surface area (Å²) in [7, 11) is 0. The first kappa shape index (κ1) is 19.7. The molecule has 4 rings (SSSR count). The molecule has 7 heteroatoms. The Morgan fingerprint density at radius 2 is 1.93 bits per heavy atom. The van der Waals surface area contributed by atoms with Gasteiger partial charge in [0.25, 0.3) is 0 Å². The highest BCUT2D eigenvalue weighted by Crippen LogP contribution is 2.23. The molecule has 1 aliphatic heterocycles. The molecule has 0 aliphatic carbocycles. The maximum atomic E-state index is 12.5. The fourth-order valence-electron chi connectivity index (χ4n) is 3.52. The summed E-state index contributed by atoms with van der Waals surface area (Å²) in [5, 5.41) is 12.0. The predicted molar refractivity (Wildman–Crippen MR) is 115 cm³/mol. The van der Waals surface area contributed by atoms with Crippen LogP contribution in [0.25, 0.3) is 10.8 Å². The van der Waals surface area contributed by atoms with E-state index in [9.17, 15) is 4.79 Å². The molecule has 3 aromatic rings. The van der Waals surface area contributed by atoms with Gasteiger partial charge in [-0.3, -0.25) is 4.79 Å². The van der Waals surface area contributed by atoms with Crippen molar-refractivity contribution in [2.45, 2.75) is 18.1 Å². The molecule has 1 amide bonds. The van der Waals surface area contributed by atoms with Gasteiger partial charge in [0.15, 0.2) is 5.16 Å². The first-order valence-electron chi connectivity index (χ1n) is 9.74. The third-order valence-corrected chi connectivity index (χ3v) is 5.97. The lowest BCUT2D eigenvalue weighted by Crippen LogP contribution is -2.41. The number of ether oxygens (including phenoxy) is 1. The van der Waals surface area contributed by atoms with Crippen LogP contribution < -0.4 is 0 Å². The summed E-state index contributed by atoms with van der Waals surface area (Å²) < 4.78 is 7.36. The van der Waals surface area contributed by atoms with Gasteiger partial charge in [-0.25, -0.2) is 0 Å². The summed E-state index contributed by atoms with van der Waals surface area (Å²) in [6.45, 7) is 7.02. The van der Waals surface area contributed by atoms with Crippen molar-refractivity contribution in [1.29, 1.82) is 0 Å². The molecule has 150 valence electrons. The van der Waals surface area contributed by atoms with Crippen molar-refractivity contribution in [3.8, 4) is 0 Å². The van der Waals surface area contributed by atoms with Gasteiger partial charge in [0.2, 0.25) is 5.91 Å². The van der Waals surface area contributed by atoms with E-state index in [4.69, 9.17) is 4.74 Å². The minimum atomic E-state index is 0.113. The van der Waals surface area contributed by atoms with Crippen molar-refractivity contribution in [1.82, 2.24) is 19.7 Å². The molecule has 1 fully saturated rings. The zero-order chi connectivity index (χ0) is 20.1. The van der Waals surface area contributed by atoms with Crippen LogP contribution in [0.4, 0.5) is 0 Å². The first-order chi connectivity index (χ1) is 14.3. The lowest BCUT2D eigenvalue weighted by molar-refractivity contribution is -0.132. The van der Waals surface area contributed by atoms with Gasteiger partial charge < -0.3 is 14.2 Å². The van der Waals surface area contributed by atoms with Crippen LogP contribution in [0, 0.1) is 0 Å². The van der Waals surface area contributed by atoms with Crippen LogP contribution in [0.1, 0.15) is 11.4 Å². The summed E-state index contributed by atoms with van der Waals surface area (Å²) in [5.41, 5.74) is 1.21. The molecule has 0 N–H and O–H groups in total. The molecule has 6 nitrogen and oxygen atoms in total. The molecule has 1 saturated heterocycles. The van der Waals surface area contributed by atoms with E-state index in [0.29, 0.717) is 45.0 Å². The standard InChI is InChI=1S/C22H24N4O2S/c1-2-10-26-20(15-18-8-5-7-17-6-3-4-9-19(17)18)23-24-22(26)29-16-21(27)25-11-13-28-14-12-25/h2-9H,1,10-16H2. The van der Waals surface area contributed by atoms with E-state index >= 15 is 0 Å². The largest absolute Gasteiger partial charge is 0.378 e. The highest BCUT2D eigenvalue weighted by atomic mass is 32.2. The third kappa shape index (κ3) is 4.52. The average molecular weight is 409 g/mol. The molecule has 2 heterocycles. The number of fused-ring (bicyclic) bond motifs is 1. The lowest BCUT2D eigenvalue weighted by Gasteiger charge is -2.26. The SMILES string of the molecule is C=CCn1c(Cc2cccc3ccccc23)nnc1SCC(=O)N1CCOCC1. The smallest absolute Gasteiger partial charge is 0.233 e. The highest BCUT2D eigenvalue weighted by Gasteiger charge is 2.19. The molecule has 0 spiro atoms. The molecule has 0 saturated carbocycles. The Balaban J connectivity index is 1.51. The highest BCUT2D eigenvalue weighted by molar-refractivity contribution is 7.99. The van der Waals surface area contributed by atoms with Gasteiger partial charge in [0, 0.05) is 26.1 Å². The van der Waals surface area contributed by atoms with Gasteiger partial charge in [-0.05, 0) is 16.3 Å². The Morgan fingerprint density at radius 3 is 2.76 bits per heavy atom. The van der Waals surface area contributed by atoms with Crippen LogP contribution in [0.2, 0.25) is 0 Å². The van der Waals surface area contributed by atoms with Crippen LogP contribution in [-0.4, -0.2) is 57.6 Å². The normalized spacial score (nSPS) is 14.3. The molecule has 0 bridgehead atoms. The number of benzene rings is 2. The quantitative estimate of drug-likeness (QED) is 0.444. The Bertz CT molecular complexity index is 1010. The molecule has 2 aromatic carbocycles. The number of allylic oxidation sites excluding steroid dienone is 1. The summed E-state index contributed by atoms with van der Waals surface area (Å²) in [5.74, 6) is 1.34. The summed E-state index contributed by atoms with van der Waals surface area (Å²) in [4.78, 5) is 14.3. The number of morpholine rings is 1. The van der Waals surface area contributed by atoms with Gasteiger partial charge in [0.05, 0.1) is 19.0 Å². The molecule has 29 heavy (non-hydrogen) atoms. The topological polar surface area (TPSA) is 60.2 Å². The maximum absolute atomic E-state index is 12.5. The number of carbonyl (C=O) groups is 1. The fourth-order valence-corrected chi connectivity index (χ4v) is 4.39. The number of aromatic nitrogens is 3. The van der Waals surface area contributed by atoms with Gasteiger partial charge in [-0.1, -0.05) is 60.3 Å². The minimum absolute atomic E-state index is 0.113. The molecule has 1 aliphatic rings. The van der Waals surface area contributed by atoms with Crippen molar-refractivity contribution in [2.24, 2.45) is 0 Å². The fraction of sp³-hybridized carbons (Fsp3) is 0.318. The second-order valence-corrected chi connectivity index (χ2v) is 7.84. The number of rotatable bonds is 7. The molecule has 0 unspecified atom stereocenters. The number of nitrogens with zero attached hydrogens (tertiary/aromatic N) is 4. The number of hydrogen-bond acceptors (Lipinski definition) is 5. The molecule has 1 aromatic heterocycles. The van der Waals surface area contributed by atoms with Crippen molar-refractivity contribution in [3.05, 3.63) is 66.5 Å². The van der Waals surface area contributed by atoms with E-state index < -0.39 is 0 Å². The van der Waals surface area contributed by atoms with Crippen molar-refractivity contribution in [2.75, 3.05) is 32.1 Å². The number of carbonyl (C=O) groups excluding carboxylic acids is 1. The second-order valence-electron chi connectivity index (χ2n) is 6.89. The Hall–Kier alpha value is -2.64. The Labute approximate surface area is 174 Å². The monoisotopic (exact) mass is 408 g/mol. The number of amides is 1. The molecular formula is C22H24N4O2S. The van der Waals surface area contributed by atoms with Crippen LogP contribution >= 0.6 is 11.8 Å². The second kappa shape index (κ2) is 9.24. The Morgan fingerprint density at radius 1 is 1.14 bits per heavy atom. The van der Waals surface area contributed by atoms with Crippen molar-refractivity contribution >= 4 is 28.4 Å². The summed E-state index contributed by atoms with van der Waals surface area (Å²) >= 11 is 1.43. The third-order valence-electron chi connectivity index (χ3n) is 5.02. The zero-order valence-electron chi connectivity index (χ0n) is 16.3. The minimum Gasteiger partial charge on any atom is -0.378 e.